The Morgan fingerprint density at radius 3 is 2.83 bits per heavy atom. The van der Waals surface area contributed by atoms with Gasteiger partial charge in [0.25, 0.3) is 0 Å². The Kier molecular flexibility index (Phi) is 5.53. The Morgan fingerprint density at radius 2 is 2.00 bits per heavy atom. The van der Waals surface area contributed by atoms with Gasteiger partial charge in [-0.25, -0.2) is 9.37 Å². The fourth-order valence-corrected chi connectivity index (χ4v) is 3.73. The topological polar surface area (TPSA) is 68.7 Å². The van der Waals surface area contributed by atoms with Crippen LogP contribution in [-0.4, -0.2) is 30.0 Å². The number of para-hydroxylation sites is 2. The van der Waals surface area contributed by atoms with Crippen LogP contribution in [0.15, 0.2) is 53.9 Å². The van der Waals surface area contributed by atoms with E-state index in [2.05, 4.69) is 4.98 Å². The smallest absolute Gasteiger partial charge is 0.326 e. The minimum Gasteiger partial charge on any atom is -0.491 e. The average Bonchev–Trinajstić information content (AvgIpc) is 3.14. The molecule has 0 N–H and O–H groups in total. The van der Waals surface area contributed by atoms with Gasteiger partial charge < -0.3 is 9.47 Å². The molecule has 0 atom stereocenters. The molecule has 1 aliphatic rings. The summed E-state index contributed by atoms with van der Waals surface area (Å²) in [5.74, 6) is -0.477. The quantitative estimate of drug-likeness (QED) is 0.596. The Hall–Kier alpha value is -3.26. The molecule has 148 valence electrons. The van der Waals surface area contributed by atoms with Gasteiger partial charge in [-0.05, 0) is 36.4 Å². The summed E-state index contributed by atoms with van der Waals surface area (Å²) in [4.78, 5) is 30.5. The molecule has 1 amide bonds. The SMILES string of the molecule is O=C(CN1C(=O)CCOc2ccccc21)OCc1csc(-c2ccc(F)cc2)n1. The van der Waals surface area contributed by atoms with Crippen molar-refractivity contribution in [2.24, 2.45) is 0 Å². The third-order valence-corrected chi connectivity index (χ3v) is 5.28. The maximum absolute atomic E-state index is 13.0. The second-order valence-electron chi connectivity index (χ2n) is 6.36. The van der Waals surface area contributed by atoms with Crippen molar-refractivity contribution < 1.29 is 23.5 Å². The zero-order valence-electron chi connectivity index (χ0n) is 15.3. The Labute approximate surface area is 170 Å². The van der Waals surface area contributed by atoms with Crippen molar-refractivity contribution in [1.29, 1.82) is 0 Å². The van der Waals surface area contributed by atoms with Gasteiger partial charge in [-0.1, -0.05) is 12.1 Å². The highest BCUT2D eigenvalue weighted by molar-refractivity contribution is 7.13. The van der Waals surface area contributed by atoms with Crippen LogP contribution in [0.1, 0.15) is 12.1 Å². The average molecular weight is 412 g/mol. The zero-order valence-corrected chi connectivity index (χ0v) is 16.2. The van der Waals surface area contributed by atoms with E-state index in [0.29, 0.717) is 22.1 Å². The molecule has 2 aromatic carbocycles. The fraction of sp³-hybridized carbons (Fsp3) is 0.190. The van der Waals surface area contributed by atoms with Crippen molar-refractivity contribution >= 4 is 28.9 Å². The summed E-state index contributed by atoms with van der Waals surface area (Å²) in [6.45, 7) is 0.0667. The van der Waals surface area contributed by atoms with E-state index in [1.165, 1.54) is 28.4 Å². The molecule has 0 spiro atoms. The second-order valence-corrected chi connectivity index (χ2v) is 7.22. The second kappa shape index (κ2) is 8.40. The lowest BCUT2D eigenvalue weighted by Crippen LogP contribution is -2.36. The van der Waals surface area contributed by atoms with Gasteiger partial charge in [0.15, 0.2) is 0 Å². The van der Waals surface area contributed by atoms with E-state index < -0.39 is 5.97 Å². The van der Waals surface area contributed by atoms with Crippen molar-refractivity contribution in [2.45, 2.75) is 13.0 Å². The summed E-state index contributed by atoms with van der Waals surface area (Å²) >= 11 is 1.38. The molecule has 4 rings (SSSR count). The lowest BCUT2D eigenvalue weighted by molar-refractivity contribution is -0.144. The number of ether oxygens (including phenoxy) is 2. The number of esters is 1. The van der Waals surface area contributed by atoms with E-state index in [9.17, 15) is 14.0 Å². The highest BCUT2D eigenvalue weighted by Gasteiger charge is 2.25. The van der Waals surface area contributed by atoms with Crippen LogP contribution >= 0.6 is 11.3 Å². The Bertz CT molecular complexity index is 1040. The number of rotatable bonds is 5. The van der Waals surface area contributed by atoms with Crippen LogP contribution < -0.4 is 9.64 Å². The van der Waals surface area contributed by atoms with E-state index in [1.807, 2.05) is 6.07 Å². The standard InChI is InChI=1S/C21H17FN2O4S/c22-15-7-5-14(6-8-15)21-23-16(13-29-21)12-28-20(26)11-24-17-3-1-2-4-18(17)27-10-9-19(24)25/h1-8,13H,9-12H2. The molecule has 0 unspecified atom stereocenters. The molecule has 3 aromatic rings. The molecule has 29 heavy (non-hydrogen) atoms. The summed E-state index contributed by atoms with van der Waals surface area (Å²) < 4.78 is 23.9. The minimum atomic E-state index is -0.536. The van der Waals surface area contributed by atoms with Crippen LogP contribution in [0.2, 0.25) is 0 Å². The predicted molar refractivity (Wildman–Crippen MR) is 106 cm³/mol. The first-order valence-electron chi connectivity index (χ1n) is 8.98. The molecule has 0 fully saturated rings. The molecule has 2 heterocycles. The maximum Gasteiger partial charge on any atom is 0.326 e. The van der Waals surface area contributed by atoms with Crippen LogP contribution in [0.5, 0.6) is 5.75 Å². The van der Waals surface area contributed by atoms with E-state index in [0.717, 1.165) is 5.56 Å². The van der Waals surface area contributed by atoms with E-state index in [-0.39, 0.29) is 37.9 Å². The van der Waals surface area contributed by atoms with Gasteiger partial charge in [-0.2, -0.15) is 0 Å². The molecule has 0 bridgehead atoms. The summed E-state index contributed by atoms with van der Waals surface area (Å²) in [5.41, 5.74) is 1.94. The van der Waals surface area contributed by atoms with Crippen molar-refractivity contribution in [1.82, 2.24) is 4.98 Å². The van der Waals surface area contributed by atoms with Crippen LogP contribution in [0.3, 0.4) is 0 Å². The molecular formula is C21H17FN2O4S. The summed E-state index contributed by atoms with van der Waals surface area (Å²) in [6, 6.07) is 13.1. The van der Waals surface area contributed by atoms with Crippen LogP contribution in [-0.2, 0) is 20.9 Å². The first kappa shape index (κ1) is 19.1. The highest BCUT2D eigenvalue weighted by Crippen LogP contribution is 2.31. The number of benzene rings is 2. The summed E-state index contributed by atoms with van der Waals surface area (Å²) in [5, 5.41) is 2.50. The van der Waals surface area contributed by atoms with E-state index >= 15 is 0 Å². The van der Waals surface area contributed by atoms with Gasteiger partial charge >= 0.3 is 5.97 Å². The van der Waals surface area contributed by atoms with Crippen LogP contribution in [0.4, 0.5) is 10.1 Å². The van der Waals surface area contributed by atoms with E-state index in [4.69, 9.17) is 9.47 Å². The summed E-state index contributed by atoms with van der Waals surface area (Å²) in [6.07, 6.45) is 0.190. The van der Waals surface area contributed by atoms with Gasteiger partial charge in [0, 0.05) is 10.9 Å². The van der Waals surface area contributed by atoms with Gasteiger partial charge in [-0.15, -0.1) is 11.3 Å². The summed E-state index contributed by atoms with van der Waals surface area (Å²) in [7, 11) is 0. The molecule has 0 aliphatic carbocycles. The number of thiazole rings is 1. The first-order valence-corrected chi connectivity index (χ1v) is 9.86. The Balaban J connectivity index is 1.39. The number of fused-ring (bicyclic) bond motifs is 1. The molecule has 1 aromatic heterocycles. The highest BCUT2D eigenvalue weighted by atomic mass is 32.1. The number of halogens is 1. The monoisotopic (exact) mass is 412 g/mol. The zero-order chi connectivity index (χ0) is 20.2. The number of carbonyl (C=O) groups excluding carboxylic acids is 2. The van der Waals surface area contributed by atoms with Gasteiger partial charge in [0.05, 0.1) is 24.4 Å². The minimum absolute atomic E-state index is 0.00327. The first-order chi connectivity index (χ1) is 14.1. The van der Waals surface area contributed by atoms with Crippen molar-refractivity contribution in [3.05, 3.63) is 65.4 Å². The van der Waals surface area contributed by atoms with Gasteiger partial charge in [0.2, 0.25) is 5.91 Å². The number of nitrogens with zero attached hydrogens (tertiary/aromatic N) is 2. The van der Waals surface area contributed by atoms with Crippen LogP contribution in [0, 0.1) is 5.82 Å². The van der Waals surface area contributed by atoms with E-state index in [1.54, 1.807) is 35.7 Å². The maximum atomic E-state index is 13.0. The third kappa shape index (κ3) is 4.43. The lowest BCUT2D eigenvalue weighted by Gasteiger charge is -2.20. The molecule has 0 radical (unpaired) electrons. The lowest BCUT2D eigenvalue weighted by atomic mass is 10.2. The van der Waals surface area contributed by atoms with Crippen molar-refractivity contribution in [3.8, 4) is 16.3 Å². The van der Waals surface area contributed by atoms with Gasteiger partial charge in [-0.3, -0.25) is 14.5 Å². The molecule has 6 nitrogen and oxygen atoms in total. The number of anilines is 1. The van der Waals surface area contributed by atoms with Crippen molar-refractivity contribution in [3.63, 3.8) is 0 Å². The molecule has 0 saturated carbocycles. The van der Waals surface area contributed by atoms with Crippen molar-refractivity contribution in [2.75, 3.05) is 18.1 Å². The molecule has 0 saturated heterocycles. The van der Waals surface area contributed by atoms with Crippen LogP contribution in [0.25, 0.3) is 10.6 Å². The molecular weight excluding hydrogens is 395 g/mol. The van der Waals surface area contributed by atoms with Gasteiger partial charge in [0.1, 0.15) is 29.7 Å². The third-order valence-electron chi connectivity index (χ3n) is 4.34. The normalized spacial score (nSPS) is 13.4. The number of carbonyl (C=O) groups is 2. The molecule has 8 heteroatoms. The molecule has 1 aliphatic heterocycles. The largest absolute Gasteiger partial charge is 0.491 e. The predicted octanol–water partition coefficient (Wildman–Crippen LogP) is 3.81. The number of hydrogen-bond acceptors (Lipinski definition) is 6. The number of amides is 1. The number of aromatic nitrogens is 1. The number of hydrogen-bond donors (Lipinski definition) is 0. The Morgan fingerprint density at radius 1 is 1.21 bits per heavy atom. The fourth-order valence-electron chi connectivity index (χ4n) is 2.92.